The molecule has 0 amide bonds. The number of para-hydroxylation sites is 1. The van der Waals surface area contributed by atoms with Crippen LogP contribution >= 0.6 is 0 Å². The van der Waals surface area contributed by atoms with Gasteiger partial charge in [-0.15, -0.1) is 10.2 Å². The molecule has 2 heterocycles. The molecule has 0 aliphatic heterocycles. The zero-order chi connectivity index (χ0) is 15.7. The second-order valence-electron chi connectivity index (χ2n) is 4.54. The van der Waals surface area contributed by atoms with Crippen molar-refractivity contribution in [3.8, 4) is 0 Å². The van der Waals surface area contributed by atoms with E-state index in [1.165, 1.54) is 0 Å². The standard InChI is InChI=1S/C17H14N6/c1-2-8-15(9-3-1)20-22-17(14-7-6-11-18-13-14)23-21-16-10-4-5-12-19-16/h1-13,20H. The van der Waals surface area contributed by atoms with Crippen LogP contribution in [0.3, 0.4) is 0 Å². The number of nitrogens with one attached hydrogen (secondary N) is 1. The monoisotopic (exact) mass is 302 g/mol. The van der Waals surface area contributed by atoms with E-state index in [1.54, 1.807) is 24.7 Å². The van der Waals surface area contributed by atoms with Gasteiger partial charge in [0.15, 0.2) is 5.82 Å². The Hall–Kier alpha value is -3.41. The van der Waals surface area contributed by atoms with E-state index in [2.05, 4.69) is 30.7 Å². The fraction of sp³-hybridized carbons (Fsp3) is 0. The summed E-state index contributed by atoms with van der Waals surface area (Å²) in [6, 6.07) is 18.8. The molecular weight excluding hydrogens is 288 g/mol. The summed E-state index contributed by atoms with van der Waals surface area (Å²) in [5, 5.41) is 12.6. The van der Waals surface area contributed by atoms with Gasteiger partial charge in [0, 0.05) is 24.2 Å². The van der Waals surface area contributed by atoms with E-state index in [0.717, 1.165) is 11.3 Å². The highest BCUT2D eigenvalue weighted by atomic mass is 15.3. The van der Waals surface area contributed by atoms with Gasteiger partial charge in [0.25, 0.3) is 0 Å². The summed E-state index contributed by atoms with van der Waals surface area (Å²) in [4.78, 5) is 8.20. The van der Waals surface area contributed by atoms with Gasteiger partial charge in [0.2, 0.25) is 5.84 Å². The Kier molecular flexibility index (Phi) is 4.77. The molecule has 0 unspecified atom stereocenters. The van der Waals surface area contributed by atoms with Gasteiger partial charge in [-0.2, -0.15) is 5.10 Å². The summed E-state index contributed by atoms with van der Waals surface area (Å²) in [5.41, 5.74) is 4.59. The minimum atomic E-state index is 0.424. The molecule has 0 bridgehead atoms. The first-order chi connectivity index (χ1) is 11.4. The molecular formula is C17H14N6. The molecule has 6 nitrogen and oxygen atoms in total. The molecule has 3 aromatic rings. The molecule has 0 saturated carbocycles. The van der Waals surface area contributed by atoms with Crippen LogP contribution in [0.5, 0.6) is 0 Å². The van der Waals surface area contributed by atoms with Gasteiger partial charge in [0.1, 0.15) is 0 Å². The van der Waals surface area contributed by atoms with E-state index < -0.39 is 0 Å². The Morgan fingerprint density at radius 1 is 0.870 bits per heavy atom. The summed E-state index contributed by atoms with van der Waals surface area (Å²) < 4.78 is 0. The van der Waals surface area contributed by atoms with Crippen LogP contribution in [0, 0.1) is 0 Å². The number of hydrazone groups is 1. The first kappa shape index (κ1) is 14.5. The van der Waals surface area contributed by atoms with Crippen molar-refractivity contribution in [3.63, 3.8) is 0 Å². The van der Waals surface area contributed by atoms with Crippen LogP contribution in [0.1, 0.15) is 5.56 Å². The number of hydrogen-bond acceptors (Lipinski definition) is 5. The van der Waals surface area contributed by atoms with E-state index in [-0.39, 0.29) is 0 Å². The summed E-state index contributed by atoms with van der Waals surface area (Å²) in [6.07, 6.45) is 5.04. The summed E-state index contributed by atoms with van der Waals surface area (Å²) >= 11 is 0. The molecule has 3 rings (SSSR count). The molecule has 1 N–H and O–H groups in total. The van der Waals surface area contributed by atoms with E-state index >= 15 is 0 Å². The molecule has 0 fully saturated rings. The van der Waals surface area contributed by atoms with Crippen molar-refractivity contribution in [1.82, 2.24) is 9.97 Å². The van der Waals surface area contributed by atoms with Crippen LogP contribution in [-0.4, -0.2) is 15.8 Å². The maximum absolute atomic E-state index is 4.32. The zero-order valence-electron chi connectivity index (χ0n) is 12.2. The van der Waals surface area contributed by atoms with Gasteiger partial charge in [-0.05, 0) is 36.4 Å². The van der Waals surface area contributed by atoms with E-state index in [9.17, 15) is 0 Å². The largest absolute Gasteiger partial charge is 0.276 e. The third-order valence-corrected chi connectivity index (χ3v) is 2.88. The van der Waals surface area contributed by atoms with Crippen molar-refractivity contribution < 1.29 is 0 Å². The zero-order valence-corrected chi connectivity index (χ0v) is 12.2. The predicted octanol–water partition coefficient (Wildman–Crippen LogP) is 4.03. The normalized spacial score (nSPS) is 11.6. The third kappa shape index (κ3) is 4.28. The number of rotatable bonds is 4. The molecule has 23 heavy (non-hydrogen) atoms. The topological polar surface area (TPSA) is 74.9 Å². The highest BCUT2D eigenvalue weighted by molar-refractivity contribution is 5.99. The molecule has 0 spiro atoms. The minimum absolute atomic E-state index is 0.424. The fourth-order valence-electron chi connectivity index (χ4n) is 1.78. The average molecular weight is 302 g/mol. The lowest BCUT2D eigenvalue weighted by Crippen LogP contribution is -2.01. The molecule has 1 aromatic carbocycles. The van der Waals surface area contributed by atoms with E-state index in [4.69, 9.17) is 0 Å². The predicted molar refractivity (Wildman–Crippen MR) is 89.6 cm³/mol. The molecule has 0 aliphatic rings. The number of azo groups is 1. The number of anilines is 1. The van der Waals surface area contributed by atoms with Crippen LogP contribution in [0.15, 0.2) is 94.6 Å². The lowest BCUT2D eigenvalue weighted by molar-refractivity contribution is 1.16. The van der Waals surface area contributed by atoms with Crippen LogP contribution < -0.4 is 5.43 Å². The Bertz CT molecular complexity index is 785. The van der Waals surface area contributed by atoms with Gasteiger partial charge < -0.3 is 0 Å². The number of nitrogens with zero attached hydrogens (tertiary/aromatic N) is 5. The highest BCUT2D eigenvalue weighted by Gasteiger charge is 2.03. The second kappa shape index (κ2) is 7.56. The number of hydrogen-bond donors (Lipinski definition) is 1. The Labute approximate surface area is 133 Å². The first-order valence-corrected chi connectivity index (χ1v) is 7.04. The number of amidine groups is 1. The van der Waals surface area contributed by atoms with Crippen LogP contribution in [0.2, 0.25) is 0 Å². The minimum Gasteiger partial charge on any atom is -0.276 e. The molecule has 112 valence electrons. The van der Waals surface area contributed by atoms with Crippen molar-refractivity contribution >= 4 is 17.3 Å². The van der Waals surface area contributed by atoms with Crippen LogP contribution in [-0.2, 0) is 0 Å². The van der Waals surface area contributed by atoms with Gasteiger partial charge in [-0.1, -0.05) is 24.3 Å². The van der Waals surface area contributed by atoms with Crippen molar-refractivity contribution in [1.29, 1.82) is 0 Å². The molecule has 0 saturated heterocycles. The molecule has 6 heteroatoms. The van der Waals surface area contributed by atoms with Gasteiger partial charge in [-0.25, -0.2) is 4.98 Å². The second-order valence-corrected chi connectivity index (χ2v) is 4.54. The fourth-order valence-corrected chi connectivity index (χ4v) is 1.78. The van der Waals surface area contributed by atoms with Crippen molar-refractivity contribution in [2.45, 2.75) is 0 Å². The van der Waals surface area contributed by atoms with E-state index in [1.807, 2.05) is 54.6 Å². The lowest BCUT2D eigenvalue weighted by atomic mass is 10.3. The Morgan fingerprint density at radius 3 is 2.48 bits per heavy atom. The Balaban J connectivity index is 1.86. The third-order valence-electron chi connectivity index (χ3n) is 2.88. The molecule has 2 aromatic heterocycles. The highest BCUT2D eigenvalue weighted by Crippen LogP contribution is 2.10. The van der Waals surface area contributed by atoms with Gasteiger partial charge in [0.05, 0.1) is 5.69 Å². The van der Waals surface area contributed by atoms with Crippen LogP contribution in [0.25, 0.3) is 0 Å². The van der Waals surface area contributed by atoms with Crippen LogP contribution in [0.4, 0.5) is 11.5 Å². The number of benzene rings is 1. The maximum atomic E-state index is 4.32. The summed E-state index contributed by atoms with van der Waals surface area (Å²) in [5.74, 6) is 0.941. The maximum Gasteiger partial charge on any atom is 0.202 e. The Morgan fingerprint density at radius 2 is 1.74 bits per heavy atom. The number of pyridine rings is 2. The van der Waals surface area contributed by atoms with Crippen molar-refractivity contribution in [2.24, 2.45) is 15.3 Å². The average Bonchev–Trinajstić information content (AvgIpc) is 2.64. The van der Waals surface area contributed by atoms with Gasteiger partial charge >= 0.3 is 0 Å². The smallest absolute Gasteiger partial charge is 0.202 e. The number of aromatic nitrogens is 2. The summed E-state index contributed by atoms with van der Waals surface area (Å²) in [7, 11) is 0. The van der Waals surface area contributed by atoms with E-state index in [0.29, 0.717) is 11.7 Å². The quantitative estimate of drug-likeness (QED) is 0.342. The molecule has 0 radical (unpaired) electrons. The first-order valence-electron chi connectivity index (χ1n) is 7.04. The lowest BCUT2D eigenvalue weighted by Gasteiger charge is -2.02. The summed E-state index contributed by atoms with van der Waals surface area (Å²) in [6.45, 7) is 0. The van der Waals surface area contributed by atoms with Gasteiger partial charge in [-0.3, -0.25) is 10.4 Å². The molecule has 0 atom stereocenters. The van der Waals surface area contributed by atoms with Crippen molar-refractivity contribution in [3.05, 3.63) is 84.8 Å². The molecule has 0 aliphatic carbocycles. The SMILES string of the molecule is c1ccc(NN=C(N=Nc2ccccn2)c2cccnc2)cc1. The van der Waals surface area contributed by atoms with Crippen molar-refractivity contribution in [2.75, 3.05) is 5.43 Å².